The van der Waals surface area contributed by atoms with Gasteiger partial charge < -0.3 is 15.4 Å². The van der Waals surface area contributed by atoms with Crippen LogP contribution in [0.4, 0.5) is 17.2 Å². The number of amides is 1. The topological polar surface area (TPSA) is 87.0 Å². The number of rotatable bonds is 5. The highest BCUT2D eigenvalue weighted by atomic mass is 35.5. The van der Waals surface area contributed by atoms with E-state index in [1.165, 1.54) is 13.3 Å². The van der Waals surface area contributed by atoms with E-state index in [-0.39, 0.29) is 5.91 Å². The first kappa shape index (κ1) is 18.2. The maximum atomic E-state index is 12.3. The minimum atomic E-state index is -0.298. The minimum Gasteiger partial charge on any atom is -0.495 e. The Morgan fingerprint density at radius 1 is 1.11 bits per heavy atom. The van der Waals surface area contributed by atoms with Gasteiger partial charge >= 0.3 is 0 Å². The van der Waals surface area contributed by atoms with Crippen LogP contribution in [-0.2, 0) is 0 Å². The summed E-state index contributed by atoms with van der Waals surface area (Å²) in [6.07, 6.45) is 1.48. The van der Waals surface area contributed by atoms with E-state index in [0.29, 0.717) is 33.4 Å². The average molecular weight is 379 g/mol. The molecule has 0 atom stereocenters. The fraction of sp³-hybridized carbons (Fsp3) is 0.0500. The van der Waals surface area contributed by atoms with Crippen molar-refractivity contribution in [2.24, 2.45) is 0 Å². The molecule has 134 valence electrons. The molecule has 0 bridgehead atoms. The quantitative estimate of drug-likeness (QED) is 0.676. The predicted octanol–water partition coefficient (Wildman–Crippen LogP) is 4.61. The summed E-state index contributed by atoms with van der Waals surface area (Å²) in [5.41, 5.74) is 2.35. The van der Waals surface area contributed by atoms with Gasteiger partial charge in [0, 0.05) is 17.6 Å². The molecule has 0 aliphatic rings. The Bertz CT molecular complexity index is 996. The number of nitrogens with one attached hydrogen (secondary N) is 2. The third kappa shape index (κ3) is 4.54. The van der Waals surface area contributed by atoms with Gasteiger partial charge in [0.1, 0.15) is 11.6 Å². The standard InChI is InChI=1S/C20H15ClN4O2/c1-27-18-8-7-16(10-17(18)21)25-20(26)14-4-9-19(23-12-14)24-15-5-2-13(11-22)3-6-15/h2-10,12H,1H3,(H,23,24)(H,25,26). The molecule has 0 fully saturated rings. The Kier molecular flexibility index (Phi) is 5.55. The van der Waals surface area contributed by atoms with Crippen LogP contribution < -0.4 is 15.4 Å². The number of carbonyl (C=O) groups is 1. The van der Waals surface area contributed by atoms with Crippen LogP contribution in [0, 0.1) is 11.3 Å². The minimum absolute atomic E-state index is 0.298. The highest BCUT2D eigenvalue weighted by molar-refractivity contribution is 6.32. The second kappa shape index (κ2) is 8.21. The van der Waals surface area contributed by atoms with Gasteiger partial charge in [0.05, 0.1) is 29.3 Å². The molecule has 1 heterocycles. The summed E-state index contributed by atoms with van der Waals surface area (Å²) in [5.74, 6) is 0.826. The lowest BCUT2D eigenvalue weighted by Crippen LogP contribution is -2.12. The summed E-state index contributed by atoms with van der Waals surface area (Å²) in [6, 6.07) is 17.4. The average Bonchev–Trinajstić information content (AvgIpc) is 2.69. The molecule has 0 spiro atoms. The van der Waals surface area contributed by atoms with Gasteiger partial charge in [0.25, 0.3) is 5.91 Å². The van der Waals surface area contributed by atoms with Crippen LogP contribution in [0.2, 0.25) is 5.02 Å². The maximum absolute atomic E-state index is 12.3. The number of aromatic nitrogens is 1. The van der Waals surface area contributed by atoms with Gasteiger partial charge in [-0.25, -0.2) is 4.98 Å². The van der Waals surface area contributed by atoms with Gasteiger partial charge in [-0.1, -0.05) is 11.6 Å². The van der Waals surface area contributed by atoms with E-state index in [9.17, 15) is 4.79 Å². The number of nitriles is 1. The number of hydrogen-bond acceptors (Lipinski definition) is 5. The highest BCUT2D eigenvalue weighted by Crippen LogP contribution is 2.27. The number of benzene rings is 2. The van der Waals surface area contributed by atoms with Gasteiger partial charge in [-0.3, -0.25) is 4.79 Å². The monoisotopic (exact) mass is 378 g/mol. The molecule has 27 heavy (non-hydrogen) atoms. The van der Waals surface area contributed by atoms with E-state index in [1.54, 1.807) is 54.6 Å². The molecule has 3 aromatic rings. The molecule has 6 nitrogen and oxygen atoms in total. The molecule has 0 aliphatic heterocycles. The first-order valence-corrected chi connectivity index (χ1v) is 8.35. The van der Waals surface area contributed by atoms with Crippen LogP contribution >= 0.6 is 11.6 Å². The zero-order valence-electron chi connectivity index (χ0n) is 14.4. The van der Waals surface area contributed by atoms with E-state index in [1.807, 2.05) is 0 Å². The maximum Gasteiger partial charge on any atom is 0.257 e. The van der Waals surface area contributed by atoms with Crippen molar-refractivity contribution in [3.63, 3.8) is 0 Å². The van der Waals surface area contributed by atoms with Gasteiger partial charge in [0.15, 0.2) is 0 Å². The number of methoxy groups -OCH3 is 1. The van der Waals surface area contributed by atoms with E-state index >= 15 is 0 Å². The summed E-state index contributed by atoms with van der Waals surface area (Å²) in [5, 5.41) is 15.1. The lowest BCUT2D eigenvalue weighted by Gasteiger charge is -2.09. The molecule has 0 unspecified atom stereocenters. The largest absolute Gasteiger partial charge is 0.495 e. The lowest BCUT2D eigenvalue weighted by molar-refractivity contribution is 0.102. The number of anilines is 3. The number of nitrogens with zero attached hydrogens (tertiary/aromatic N) is 2. The molecular formula is C20H15ClN4O2. The Morgan fingerprint density at radius 2 is 1.85 bits per heavy atom. The van der Waals surface area contributed by atoms with Crippen molar-refractivity contribution in [3.8, 4) is 11.8 Å². The van der Waals surface area contributed by atoms with Crippen molar-refractivity contribution < 1.29 is 9.53 Å². The highest BCUT2D eigenvalue weighted by Gasteiger charge is 2.09. The van der Waals surface area contributed by atoms with Gasteiger partial charge in [-0.05, 0) is 54.6 Å². The molecule has 0 aliphatic carbocycles. The van der Waals surface area contributed by atoms with Gasteiger partial charge in [-0.2, -0.15) is 5.26 Å². The molecule has 0 radical (unpaired) electrons. The first-order chi connectivity index (χ1) is 13.1. The first-order valence-electron chi connectivity index (χ1n) is 7.97. The van der Waals surface area contributed by atoms with Crippen LogP contribution in [0.15, 0.2) is 60.8 Å². The number of pyridine rings is 1. The van der Waals surface area contributed by atoms with E-state index in [4.69, 9.17) is 21.6 Å². The Labute approximate surface area is 161 Å². The fourth-order valence-corrected chi connectivity index (χ4v) is 2.58. The fourth-order valence-electron chi connectivity index (χ4n) is 2.33. The molecule has 1 aromatic heterocycles. The van der Waals surface area contributed by atoms with Crippen LogP contribution in [0.25, 0.3) is 0 Å². The molecule has 1 amide bonds. The van der Waals surface area contributed by atoms with Gasteiger partial charge in [0.2, 0.25) is 0 Å². The molecule has 3 rings (SSSR count). The predicted molar refractivity (Wildman–Crippen MR) is 105 cm³/mol. The second-order valence-electron chi connectivity index (χ2n) is 5.55. The lowest BCUT2D eigenvalue weighted by atomic mass is 10.2. The summed E-state index contributed by atoms with van der Waals surface area (Å²) in [6.45, 7) is 0. The summed E-state index contributed by atoms with van der Waals surface area (Å²) >= 11 is 6.06. The second-order valence-corrected chi connectivity index (χ2v) is 5.96. The van der Waals surface area contributed by atoms with E-state index < -0.39 is 0 Å². The van der Waals surface area contributed by atoms with E-state index in [0.717, 1.165) is 5.69 Å². The number of carbonyl (C=O) groups excluding carboxylic acids is 1. The normalized spacial score (nSPS) is 9.96. The Hall–Kier alpha value is -3.56. The van der Waals surface area contributed by atoms with E-state index in [2.05, 4.69) is 21.7 Å². The number of halogens is 1. The Balaban J connectivity index is 1.66. The van der Waals surface area contributed by atoms with Crippen LogP contribution in [0.1, 0.15) is 15.9 Å². The van der Waals surface area contributed by atoms with Crippen LogP contribution in [-0.4, -0.2) is 18.0 Å². The zero-order chi connectivity index (χ0) is 19.2. The van der Waals surface area contributed by atoms with Crippen molar-refractivity contribution in [1.82, 2.24) is 4.98 Å². The van der Waals surface area contributed by atoms with Crippen LogP contribution in [0.5, 0.6) is 5.75 Å². The SMILES string of the molecule is COc1ccc(NC(=O)c2ccc(Nc3ccc(C#N)cc3)nc2)cc1Cl. The summed E-state index contributed by atoms with van der Waals surface area (Å²) in [7, 11) is 1.53. The third-order valence-electron chi connectivity index (χ3n) is 3.72. The van der Waals surface area contributed by atoms with Gasteiger partial charge in [-0.15, -0.1) is 0 Å². The van der Waals surface area contributed by atoms with Crippen LogP contribution in [0.3, 0.4) is 0 Å². The third-order valence-corrected chi connectivity index (χ3v) is 4.02. The zero-order valence-corrected chi connectivity index (χ0v) is 15.1. The van der Waals surface area contributed by atoms with Crippen molar-refractivity contribution in [1.29, 1.82) is 5.26 Å². The molecule has 7 heteroatoms. The van der Waals surface area contributed by atoms with Crippen molar-refractivity contribution >= 4 is 34.7 Å². The van der Waals surface area contributed by atoms with Crippen molar-refractivity contribution in [2.45, 2.75) is 0 Å². The molecule has 2 aromatic carbocycles. The number of ether oxygens (including phenoxy) is 1. The molecule has 2 N–H and O–H groups in total. The molecule has 0 saturated heterocycles. The smallest absolute Gasteiger partial charge is 0.257 e. The Morgan fingerprint density at radius 3 is 2.44 bits per heavy atom. The molecular weight excluding hydrogens is 364 g/mol. The molecule has 0 saturated carbocycles. The van der Waals surface area contributed by atoms with Crippen molar-refractivity contribution in [2.75, 3.05) is 17.7 Å². The number of hydrogen-bond donors (Lipinski definition) is 2. The summed E-state index contributed by atoms with van der Waals surface area (Å²) < 4.78 is 5.09. The van der Waals surface area contributed by atoms with Crippen molar-refractivity contribution in [3.05, 3.63) is 76.9 Å². The summed E-state index contributed by atoms with van der Waals surface area (Å²) in [4.78, 5) is 16.6.